The van der Waals surface area contributed by atoms with Crippen LogP contribution >= 0.6 is 12.4 Å². The highest BCUT2D eigenvalue weighted by atomic mass is 35.5. The molecule has 0 aliphatic rings. The Balaban J connectivity index is 0. The van der Waals surface area contributed by atoms with Crippen LogP contribution in [0, 0.1) is 0 Å². The van der Waals surface area contributed by atoms with E-state index in [0.29, 0.717) is 0 Å². The number of amides is 1. The average molecular weight is 213 g/mol. The molecule has 0 aromatic carbocycles. The Hall–Kier alpha value is -0.850. The molecule has 7 heteroatoms. The summed E-state index contributed by atoms with van der Waals surface area (Å²) in [5.74, 6) is -1.69. The van der Waals surface area contributed by atoms with Crippen molar-refractivity contribution >= 4 is 24.3 Å². The van der Waals surface area contributed by atoms with Crippen LogP contribution in [0.1, 0.15) is 6.42 Å². The molecule has 0 aliphatic carbocycles. The number of aliphatic hydroxyl groups excluding tert-OH is 1. The van der Waals surface area contributed by atoms with E-state index in [0.717, 1.165) is 0 Å². The maximum absolute atomic E-state index is 10.8. The van der Waals surface area contributed by atoms with Crippen molar-refractivity contribution in [3.05, 3.63) is 0 Å². The minimum atomic E-state index is -1.12. The summed E-state index contributed by atoms with van der Waals surface area (Å²) in [6, 6.07) is -1.05. The lowest BCUT2D eigenvalue weighted by Gasteiger charge is -2.08. The first-order valence-electron chi connectivity index (χ1n) is 3.44. The number of carbonyl (C=O) groups is 2. The second-order valence-corrected chi connectivity index (χ2v) is 2.22. The van der Waals surface area contributed by atoms with Gasteiger partial charge in [-0.1, -0.05) is 0 Å². The van der Waals surface area contributed by atoms with E-state index in [1.807, 2.05) is 0 Å². The van der Waals surface area contributed by atoms with E-state index in [1.54, 1.807) is 0 Å². The number of carbonyl (C=O) groups excluding carboxylic acids is 1. The normalized spacial score (nSPS) is 11.2. The molecular formula is C6H13ClN2O4. The van der Waals surface area contributed by atoms with Crippen molar-refractivity contribution in [2.24, 2.45) is 5.73 Å². The Kier molecular flexibility index (Phi) is 8.78. The van der Waals surface area contributed by atoms with Crippen LogP contribution in [-0.2, 0) is 9.59 Å². The lowest BCUT2D eigenvalue weighted by molar-refractivity contribution is -0.139. The summed E-state index contributed by atoms with van der Waals surface area (Å²) in [6.07, 6.45) is -0.405. The summed E-state index contributed by atoms with van der Waals surface area (Å²) in [4.78, 5) is 20.9. The molecule has 1 atom stereocenters. The fraction of sp³-hybridized carbons (Fsp3) is 0.667. The lowest BCUT2D eigenvalue weighted by atomic mass is 10.2. The molecule has 0 aliphatic heterocycles. The van der Waals surface area contributed by atoms with Gasteiger partial charge in [0.2, 0.25) is 5.91 Å². The fourth-order valence-corrected chi connectivity index (χ4v) is 0.591. The van der Waals surface area contributed by atoms with Crippen LogP contribution in [0.5, 0.6) is 0 Å². The molecule has 0 saturated carbocycles. The summed E-state index contributed by atoms with van der Waals surface area (Å²) < 4.78 is 0. The van der Waals surface area contributed by atoms with Gasteiger partial charge < -0.3 is 21.3 Å². The molecule has 0 aromatic rings. The van der Waals surface area contributed by atoms with Crippen LogP contribution in [0.3, 0.4) is 0 Å². The van der Waals surface area contributed by atoms with Gasteiger partial charge >= 0.3 is 5.97 Å². The molecule has 0 radical (unpaired) electrons. The monoisotopic (exact) mass is 212 g/mol. The number of halogens is 1. The molecule has 0 fully saturated rings. The first-order valence-corrected chi connectivity index (χ1v) is 3.44. The third kappa shape index (κ3) is 7.51. The van der Waals surface area contributed by atoms with Crippen molar-refractivity contribution in [2.45, 2.75) is 12.5 Å². The van der Waals surface area contributed by atoms with Crippen molar-refractivity contribution in [3.63, 3.8) is 0 Å². The summed E-state index contributed by atoms with van der Waals surface area (Å²) in [7, 11) is 0. The minimum absolute atomic E-state index is 0. The summed E-state index contributed by atoms with van der Waals surface area (Å²) in [6.45, 7) is -0.0995. The number of hydrogen-bond donors (Lipinski definition) is 4. The number of aliphatic carboxylic acids is 1. The van der Waals surface area contributed by atoms with E-state index < -0.39 is 24.3 Å². The summed E-state index contributed by atoms with van der Waals surface area (Å²) in [5, 5.41) is 18.8. The molecule has 1 unspecified atom stereocenters. The molecule has 0 bridgehead atoms. The topological polar surface area (TPSA) is 113 Å². The number of hydrogen-bond acceptors (Lipinski definition) is 4. The number of rotatable bonds is 5. The van der Waals surface area contributed by atoms with Gasteiger partial charge in [0, 0.05) is 6.54 Å². The first-order chi connectivity index (χ1) is 5.57. The summed E-state index contributed by atoms with van der Waals surface area (Å²) in [5.41, 5.74) is 5.18. The molecule has 0 rings (SSSR count). The maximum atomic E-state index is 10.8. The van der Waals surface area contributed by atoms with Crippen molar-refractivity contribution in [1.29, 1.82) is 0 Å². The van der Waals surface area contributed by atoms with Crippen LogP contribution < -0.4 is 11.1 Å². The Morgan fingerprint density at radius 2 is 2.00 bits per heavy atom. The predicted octanol–water partition coefficient (Wildman–Crippen LogP) is -1.68. The quantitative estimate of drug-likeness (QED) is 0.435. The largest absolute Gasteiger partial charge is 0.481 e. The zero-order valence-corrected chi connectivity index (χ0v) is 7.71. The molecule has 0 spiro atoms. The molecule has 78 valence electrons. The zero-order valence-electron chi connectivity index (χ0n) is 6.90. The van der Waals surface area contributed by atoms with Crippen molar-refractivity contribution in [2.75, 3.05) is 13.2 Å². The van der Waals surface area contributed by atoms with Crippen molar-refractivity contribution in [1.82, 2.24) is 5.32 Å². The maximum Gasteiger partial charge on any atom is 0.305 e. The van der Waals surface area contributed by atoms with Gasteiger partial charge in [0.1, 0.15) is 0 Å². The highest BCUT2D eigenvalue weighted by molar-refractivity contribution is 5.86. The SMILES string of the molecule is Cl.NC(CC(=O)O)C(=O)NCCO. The third-order valence-corrected chi connectivity index (χ3v) is 1.14. The second kappa shape index (κ2) is 7.78. The number of aliphatic hydroxyl groups is 1. The standard InChI is InChI=1S/C6H12N2O4.ClH/c7-4(3-5(10)11)6(12)8-1-2-9;/h4,9H,1-3,7H2,(H,8,12)(H,10,11);1H. The van der Waals surface area contributed by atoms with Crippen LogP contribution in [0.15, 0.2) is 0 Å². The third-order valence-electron chi connectivity index (χ3n) is 1.14. The van der Waals surface area contributed by atoms with E-state index in [1.165, 1.54) is 0 Å². The van der Waals surface area contributed by atoms with Gasteiger partial charge in [0.05, 0.1) is 19.1 Å². The molecular weight excluding hydrogens is 200 g/mol. The summed E-state index contributed by atoms with van der Waals surface area (Å²) >= 11 is 0. The van der Waals surface area contributed by atoms with Crippen LogP contribution in [0.25, 0.3) is 0 Å². The predicted molar refractivity (Wildman–Crippen MR) is 47.6 cm³/mol. The smallest absolute Gasteiger partial charge is 0.305 e. The first kappa shape index (κ1) is 14.7. The minimum Gasteiger partial charge on any atom is -0.481 e. The van der Waals surface area contributed by atoms with Crippen LogP contribution in [0.4, 0.5) is 0 Å². The zero-order chi connectivity index (χ0) is 9.56. The number of nitrogens with one attached hydrogen (secondary N) is 1. The molecule has 0 saturated heterocycles. The Morgan fingerprint density at radius 1 is 1.46 bits per heavy atom. The number of nitrogens with two attached hydrogens (primary N) is 1. The Labute approximate surface area is 81.5 Å². The lowest BCUT2D eigenvalue weighted by Crippen LogP contribution is -2.42. The van der Waals surface area contributed by atoms with Gasteiger partial charge in [-0.05, 0) is 0 Å². The molecule has 1 amide bonds. The average Bonchev–Trinajstić information content (AvgIpc) is 1.98. The van der Waals surface area contributed by atoms with Crippen LogP contribution in [0.2, 0.25) is 0 Å². The van der Waals surface area contributed by atoms with Gasteiger partial charge in [-0.25, -0.2) is 0 Å². The van der Waals surface area contributed by atoms with Crippen molar-refractivity contribution in [3.8, 4) is 0 Å². The van der Waals surface area contributed by atoms with Gasteiger partial charge in [-0.3, -0.25) is 9.59 Å². The second-order valence-electron chi connectivity index (χ2n) is 2.22. The number of carboxylic acids is 1. The Bertz CT molecular complexity index is 176. The van der Waals surface area contributed by atoms with E-state index in [4.69, 9.17) is 15.9 Å². The van der Waals surface area contributed by atoms with Gasteiger partial charge in [0.25, 0.3) is 0 Å². The Morgan fingerprint density at radius 3 is 2.38 bits per heavy atom. The highest BCUT2D eigenvalue weighted by Gasteiger charge is 2.15. The van der Waals surface area contributed by atoms with Gasteiger partial charge in [-0.15, -0.1) is 12.4 Å². The van der Waals surface area contributed by atoms with Gasteiger partial charge in [0.15, 0.2) is 0 Å². The molecule has 0 aromatic heterocycles. The fourth-order valence-electron chi connectivity index (χ4n) is 0.591. The van der Waals surface area contributed by atoms with E-state index in [-0.39, 0.29) is 25.6 Å². The molecule has 5 N–H and O–H groups in total. The van der Waals surface area contributed by atoms with E-state index in [2.05, 4.69) is 5.32 Å². The van der Waals surface area contributed by atoms with Crippen LogP contribution in [-0.4, -0.2) is 41.3 Å². The molecule has 6 nitrogen and oxygen atoms in total. The number of carboxylic acid groups (broad SMARTS) is 1. The van der Waals surface area contributed by atoms with Gasteiger partial charge in [-0.2, -0.15) is 0 Å². The van der Waals surface area contributed by atoms with Crippen molar-refractivity contribution < 1.29 is 19.8 Å². The molecule has 0 heterocycles. The van der Waals surface area contributed by atoms with E-state index in [9.17, 15) is 9.59 Å². The highest BCUT2D eigenvalue weighted by Crippen LogP contribution is 1.87. The van der Waals surface area contributed by atoms with E-state index >= 15 is 0 Å². The molecule has 13 heavy (non-hydrogen) atoms.